The summed E-state index contributed by atoms with van der Waals surface area (Å²) in [5, 5.41) is 3.07. The van der Waals surface area contributed by atoms with Gasteiger partial charge in [0.25, 0.3) is 0 Å². The predicted molar refractivity (Wildman–Crippen MR) is 133 cm³/mol. The van der Waals surface area contributed by atoms with E-state index in [2.05, 4.69) is 22.3 Å². The Morgan fingerprint density at radius 3 is 2.36 bits per heavy atom. The van der Waals surface area contributed by atoms with Crippen LogP contribution < -0.4 is 10.2 Å². The lowest BCUT2D eigenvalue weighted by Gasteiger charge is -2.27. The van der Waals surface area contributed by atoms with E-state index in [1.807, 2.05) is 47.4 Å². The van der Waals surface area contributed by atoms with E-state index in [1.54, 1.807) is 0 Å². The van der Waals surface area contributed by atoms with Gasteiger partial charge in [-0.2, -0.15) is 0 Å². The molecular formula is C28H37N3O2. The molecule has 33 heavy (non-hydrogen) atoms. The second-order valence-corrected chi connectivity index (χ2v) is 9.49. The van der Waals surface area contributed by atoms with Crippen LogP contribution in [0.25, 0.3) is 0 Å². The molecule has 1 saturated carbocycles. The monoisotopic (exact) mass is 447 g/mol. The van der Waals surface area contributed by atoms with Gasteiger partial charge in [0, 0.05) is 24.7 Å². The molecule has 0 unspecified atom stereocenters. The van der Waals surface area contributed by atoms with Crippen LogP contribution in [0.2, 0.25) is 0 Å². The summed E-state index contributed by atoms with van der Waals surface area (Å²) >= 11 is 0. The molecule has 4 rings (SSSR count). The van der Waals surface area contributed by atoms with E-state index in [0.29, 0.717) is 19.5 Å². The largest absolute Gasteiger partial charge is 0.355 e. The topological polar surface area (TPSA) is 52.7 Å². The third-order valence-electron chi connectivity index (χ3n) is 6.94. The number of nitrogens with one attached hydrogen (secondary N) is 1. The summed E-state index contributed by atoms with van der Waals surface area (Å²) in [5.74, 6) is 0.357. The van der Waals surface area contributed by atoms with E-state index in [4.69, 9.17) is 0 Å². The lowest BCUT2D eigenvalue weighted by Crippen LogP contribution is -2.38. The summed E-state index contributed by atoms with van der Waals surface area (Å²) < 4.78 is 0. The number of hydrogen-bond donors (Lipinski definition) is 1. The van der Waals surface area contributed by atoms with Crippen LogP contribution in [0, 0.1) is 5.92 Å². The van der Waals surface area contributed by atoms with Gasteiger partial charge >= 0.3 is 0 Å². The molecule has 1 N–H and O–H groups in total. The first kappa shape index (κ1) is 23.5. The summed E-state index contributed by atoms with van der Waals surface area (Å²) in [6, 6.07) is 18.1. The number of amides is 2. The van der Waals surface area contributed by atoms with Gasteiger partial charge in [-0.15, -0.1) is 0 Å². The first-order chi connectivity index (χ1) is 16.2. The Kier molecular flexibility index (Phi) is 8.53. The fourth-order valence-corrected chi connectivity index (χ4v) is 5.07. The minimum absolute atomic E-state index is 0.0425. The number of rotatable bonds is 9. The smallest absolute Gasteiger partial charge is 0.230 e. The molecule has 5 heteroatoms. The van der Waals surface area contributed by atoms with Gasteiger partial charge in [-0.25, -0.2) is 0 Å². The van der Waals surface area contributed by atoms with Crippen molar-refractivity contribution in [2.45, 2.75) is 57.9 Å². The number of carbonyl (C=O) groups is 2. The lowest BCUT2D eigenvalue weighted by molar-refractivity contribution is -0.122. The van der Waals surface area contributed by atoms with Crippen LogP contribution in [-0.2, 0) is 22.6 Å². The Hall–Kier alpha value is -2.66. The Labute approximate surface area is 198 Å². The number of anilines is 1. The Bertz CT molecular complexity index is 902. The van der Waals surface area contributed by atoms with Crippen molar-refractivity contribution in [3.63, 3.8) is 0 Å². The Morgan fingerprint density at radius 1 is 0.879 bits per heavy atom. The Balaban J connectivity index is 1.40. The second-order valence-electron chi connectivity index (χ2n) is 9.49. The fraction of sp³-hybridized carbons (Fsp3) is 0.500. The molecule has 2 aromatic rings. The molecule has 0 atom stereocenters. The predicted octanol–water partition coefficient (Wildman–Crippen LogP) is 4.55. The quantitative estimate of drug-likeness (QED) is 0.613. The van der Waals surface area contributed by atoms with E-state index < -0.39 is 0 Å². The van der Waals surface area contributed by atoms with Gasteiger partial charge in [-0.3, -0.25) is 9.59 Å². The van der Waals surface area contributed by atoms with Crippen LogP contribution in [-0.4, -0.2) is 42.9 Å². The Morgan fingerprint density at radius 2 is 1.61 bits per heavy atom. The van der Waals surface area contributed by atoms with E-state index in [1.165, 1.54) is 19.3 Å². The van der Waals surface area contributed by atoms with E-state index >= 15 is 0 Å². The van der Waals surface area contributed by atoms with Crippen molar-refractivity contribution in [1.29, 1.82) is 0 Å². The van der Waals surface area contributed by atoms with Gasteiger partial charge in [0.1, 0.15) is 0 Å². The molecule has 0 aromatic heterocycles. The molecule has 1 saturated heterocycles. The molecular weight excluding hydrogens is 410 g/mol. The summed E-state index contributed by atoms with van der Waals surface area (Å²) in [7, 11) is 0. The van der Waals surface area contributed by atoms with Crippen LogP contribution in [0.15, 0.2) is 54.6 Å². The number of benzene rings is 2. The molecule has 5 nitrogen and oxygen atoms in total. The van der Waals surface area contributed by atoms with Crippen molar-refractivity contribution in [3.05, 3.63) is 65.7 Å². The van der Waals surface area contributed by atoms with Crippen molar-refractivity contribution in [3.8, 4) is 0 Å². The maximum Gasteiger partial charge on any atom is 0.230 e. The van der Waals surface area contributed by atoms with Crippen LogP contribution in [0.5, 0.6) is 0 Å². The molecule has 2 amide bonds. The highest BCUT2D eigenvalue weighted by Gasteiger charge is 2.28. The molecule has 1 heterocycles. The van der Waals surface area contributed by atoms with Crippen molar-refractivity contribution in [2.24, 2.45) is 5.92 Å². The summed E-state index contributed by atoms with van der Waals surface area (Å²) in [5.41, 5.74) is 2.94. The zero-order valence-electron chi connectivity index (χ0n) is 19.7. The van der Waals surface area contributed by atoms with E-state index in [-0.39, 0.29) is 17.7 Å². The fourth-order valence-electron chi connectivity index (χ4n) is 5.07. The van der Waals surface area contributed by atoms with E-state index in [9.17, 15) is 9.59 Å². The average Bonchev–Trinajstić information content (AvgIpc) is 3.39. The number of piperidine rings is 1. The summed E-state index contributed by atoms with van der Waals surface area (Å²) in [4.78, 5) is 30.3. The molecule has 2 aliphatic rings. The van der Waals surface area contributed by atoms with Crippen LogP contribution in [0.1, 0.15) is 56.1 Å². The molecule has 0 bridgehead atoms. The summed E-state index contributed by atoms with van der Waals surface area (Å²) in [6.45, 7) is 4.46. The van der Waals surface area contributed by atoms with Crippen LogP contribution in [0.4, 0.5) is 5.69 Å². The van der Waals surface area contributed by atoms with Gasteiger partial charge < -0.3 is 15.1 Å². The van der Waals surface area contributed by atoms with Gasteiger partial charge in [0.05, 0.1) is 13.0 Å². The molecule has 1 aliphatic carbocycles. The molecule has 2 fully saturated rings. The highest BCUT2D eigenvalue weighted by Crippen LogP contribution is 2.30. The van der Waals surface area contributed by atoms with Crippen LogP contribution >= 0.6 is 0 Å². The highest BCUT2D eigenvalue weighted by atomic mass is 16.2. The van der Waals surface area contributed by atoms with Gasteiger partial charge in [0.2, 0.25) is 11.8 Å². The minimum Gasteiger partial charge on any atom is -0.355 e. The number of hydrogen-bond acceptors (Lipinski definition) is 3. The van der Waals surface area contributed by atoms with Gasteiger partial charge in [-0.1, -0.05) is 61.7 Å². The highest BCUT2D eigenvalue weighted by molar-refractivity contribution is 5.95. The third kappa shape index (κ3) is 6.91. The third-order valence-corrected chi connectivity index (χ3v) is 6.94. The van der Waals surface area contributed by atoms with E-state index in [0.717, 1.165) is 62.1 Å². The molecule has 1 aliphatic heterocycles. The maximum atomic E-state index is 13.4. The zero-order chi connectivity index (χ0) is 22.9. The molecule has 0 radical (unpaired) electrons. The number of likely N-dealkylation sites (tertiary alicyclic amines) is 1. The van der Waals surface area contributed by atoms with Crippen LogP contribution in [0.3, 0.4) is 0 Å². The molecule has 2 aromatic carbocycles. The second kappa shape index (κ2) is 12.0. The molecule has 0 spiro atoms. The standard InChI is InChI=1S/C28H37N3O2/c32-27(29-16-19-30-17-7-2-8-18-30)21-24-12-9-15-26(20-24)31(22-23-10-3-1-4-11-23)28(33)25-13-5-6-14-25/h1,3-4,9-12,15,20,25H,2,5-8,13-14,16-19,21-22H2,(H,29,32). The van der Waals surface area contributed by atoms with Crippen molar-refractivity contribution < 1.29 is 9.59 Å². The summed E-state index contributed by atoms with van der Waals surface area (Å²) in [6.07, 6.45) is 8.40. The van der Waals surface area contributed by atoms with Crippen molar-refractivity contribution in [1.82, 2.24) is 10.2 Å². The zero-order valence-corrected chi connectivity index (χ0v) is 19.7. The van der Waals surface area contributed by atoms with Crippen molar-refractivity contribution >= 4 is 17.5 Å². The average molecular weight is 448 g/mol. The maximum absolute atomic E-state index is 13.4. The SMILES string of the molecule is O=C(Cc1cccc(N(Cc2ccccc2)C(=O)C2CCCC2)c1)NCCN1CCCCC1. The first-order valence-electron chi connectivity index (χ1n) is 12.6. The number of nitrogens with zero attached hydrogens (tertiary/aromatic N) is 2. The van der Waals surface area contributed by atoms with Crippen molar-refractivity contribution in [2.75, 3.05) is 31.1 Å². The van der Waals surface area contributed by atoms with Gasteiger partial charge in [0.15, 0.2) is 0 Å². The van der Waals surface area contributed by atoms with Gasteiger partial charge in [-0.05, 0) is 62.0 Å². The normalized spacial score (nSPS) is 17.1. The lowest BCUT2D eigenvalue weighted by atomic mass is 10.0. The molecule has 176 valence electrons. The minimum atomic E-state index is 0.0425. The number of carbonyl (C=O) groups excluding carboxylic acids is 2. The first-order valence-corrected chi connectivity index (χ1v) is 12.6.